The molecule has 20 heavy (non-hydrogen) atoms. The highest BCUT2D eigenvalue weighted by molar-refractivity contribution is 5.97. The Hall–Kier alpha value is -1.72. The number of carbonyl (C=O) groups is 1. The molecule has 0 saturated heterocycles. The molecule has 6 heteroatoms. The number of hydrogen-bond acceptors (Lipinski definition) is 4. The van der Waals surface area contributed by atoms with Crippen molar-refractivity contribution in [3.63, 3.8) is 0 Å². The van der Waals surface area contributed by atoms with Gasteiger partial charge in [0.15, 0.2) is 0 Å². The summed E-state index contributed by atoms with van der Waals surface area (Å²) in [6.07, 6.45) is 4.36. The topological polar surface area (TPSA) is 66.9 Å². The summed E-state index contributed by atoms with van der Waals surface area (Å²) in [6, 6.07) is 5.34. The molecule has 2 N–H and O–H groups in total. The molecule has 2 aromatic rings. The molecule has 0 aliphatic carbocycles. The number of halogens is 1. The van der Waals surface area contributed by atoms with E-state index in [0.717, 1.165) is 30.5 Å². The molecule has 1 aromatic carbocycles. The fraction of sp³-hybridized carbons (Fsp3) is 0.357. The number of nitrogens with one attached hydrogen (secondary N) is 2. The molecule has 1 heterocycles. The van der Waals surface area contributed by atoms with Gasteiger partial charge in [-0.25, -0.2) is 0 Å². The maximum atomic E-state index is 11.9. The summed E-state index contributed by atoms with van der Waals surface area (Å²) in [6.45, 7) is 4.49. The molecule has 108 valence electrons. The first kappa shape index (κ1) is 16.3. The SMILES string of the molecule is CCCNCCNC(=O)c1ccc2nccnc2c1.Cl. The minimum Gasteiger partial charge on any atom is -0.351 e. The van der Waals surface area contributed by atoms with E-state index in [-0.39, 0.29) is 18.3 Å². The van der Waals surface area contributed by atoms with Gasteiger partial charge in [0.05, 0.1) is 11.0 Å². The second kappa shape index (κ2) is 8.45. The van der Waals surface area contributed by atoms with Crippen molar-refractivity contribution in [3.8, 4) is 0 Å². The van der Waals surface area contributed by atoms with Crippen LogP contribution in [0.3, 0.4) is 0 Å². The molecular formula is C14H19ClN4O. The van der Waals surface area contributed by atoms with E-state index in [1.807, 2.05) is 6.07 Å². The van der Waals surface area contributed by atoms with Gasteiger partial charge in [-0.2, -0.15) is 0 Å². The van der Waals surface area contributed by atoms with Gasteiger partial charge in [0.25, 0.3) is 5.91 Å². The second-order valence-corrected chi connectivity index (χ2v) is 4.27. The Labute approximate surface area is 124 Å². The number of rotatable bonds is 6. The number of amides is 1. The molecular weight excluding hydrogens is 276 g/mol. The lowest BCUT2D eigenvalue weighted by Crippen LogP contribution is -2.32. The highest BCUT2D eigenvalue weighted by Crippen LogP contribution is 2.10. The Morgan fingerprint density at radius 1 is 1.10 bits per heavy atom. The molecule has 1 amide bonds. The fourth-order valence-electron chi connectivity index (χ4n) is 1.77. The molecule has 5 nitrogen and oxygen atoms in total. The first-order valence-corrected chi connectivity index (χ1v) is 6.51. The predicted octanol–water partition coefficient (Wildman–Crippen LogP) is 1.78. The normalized spacial score (nSPS) is 10.1. The van der Waals surface area contributed by atoms with Crippen molar-refractivity contribution in [2.75, 3.05) is 19.6 Å². The molecule has 0 unspecified atom stereocenters. The Morgan fingerprint density at radius 3 is 2.60 bits per heavy atom. The van der Waals surface area contributed by atoms with Crippen LogP contribution in [0.4, 0.5) is 0 Å². The Balaban J connectivity index is 0.00000200. The number of carbonyl (C=O) groups excluding carboxylic acids is 1. The fourth-order valence-corrected chi connectivity index (χ4v) is 1.77. The summed E-state index contributed by atoms with van der Waals surface area (Å²) < 4.78 is 0. The summed E-state index contributed by atoms with van der Waals surface area (Å²) >= 11 is 0. The number of fused-ring (bicyclic) bond motifs is 1. The zero-order valence-corrected chi connectivity index (χ0v) is 12.2. The van der Waals surface area contributed by atoms with Gasteiger partial charge in [0.2, 0.25) is 0 Å². The van der Waals surface area contributed by atoms with E-state index in [9.17, 15) is 4.79 Å². The van der Waals surface area contributed by atoms with Crippen LogP contribution in [0.25, 0.3) is 11.0 Å². The van der Waals surface area contributed by atoms with Gasteiger partial charge in [-0.15, -0.1) is 12.4 Å². The number of benzene rings is 1. The van der Waals surface area contributed by atoms with Crippen LogP contribution in [0.2, 0.25) is 0 Å². The average Bonchev–Trinajstić information content (AvgIpc) is 2.46. The van der Waals surface area contributed by atoms with E-state index >= 15 is 0 Å². The quantitative estimate of drug-likeness (QED) is 0.797. The molecule has 2 rings (SSSR count). The molecule has 0 bridgehead atoms. The van der Waals surface area contributed by atoms with Crippen molar-refractivity contribution in [2.24, 2.45) is 0 Å². The van der Waals surface area contributed by atoms with E-state index in [2.05, 4.69) is 27.5 Å². The van der Waals surface area contributed by atoms with E-state index in [1.54, 1.807) is 24.5 Å². The highest BCUT2D eigenvalue weighted by atomic mass is 35.5. The van der Waals surface area contributed by atoms with Crippen LogP contribution in [-0.2, 0) is 0 Å². The van der Waals surface area contributed by atoms with E-state index in [4.69, 9.17) is 0 Å². The Kier molecular flexibility index (Phi) is 6.90. The lowest BCUT2D eigenvalue weighted by Gasteiger charge is -2.06. The third-order valence-corrected chi connectivity index (χ3v) is 2.75. The molecule has 0 aliphatic rings. The maximum absolute atomic E-state index is 11.9. The molecule has 0 atom stereocenters. The first-order valence-electron chi connectivity index (χ1n) is 6.51. The molecule has 0 fully saturated rings. The minimum atomic E-state index is -0.0779. The zero-order valence-electron chi connectivity index (χ0n) is 11.4. The van der Waals surface area contributed by atoms with Gasteiger partial charge in [0, 0.05) is 31.0 Å². The van der Waals surface area contributed by atoms with Gasteiger partial charge < -0.3 is 10.6 Å². The summed E-state index contributed by atoms with van der Waals surface area (Å²) in [5.41, 5.74) is 2.14. The number of nitrogens with zero attached hydrogens (tertiary/aromatic N) is 2. The van der Waals surface area contributed by atoms with Crippen LogP contribution < -0.4 is 10.6 Å². The number of aromatic nitrogens is 2. The van der Waals surface area contributed by atoms with Gasteiger partial charge >= 0.3 is 0 Å². The average molecular weight is 295 g/mol. The monoisotopic (exact) mass is 294 g/mol. The van der Waals surface area contributed by atoms with Gasteiger partial charge in [-0.05, 0) is 31.2 Å². The van der Waals surface area contributed by atoms with Crippen molar-refractivity contribution >= 4 is 29.3 Å². The standard InChI is InChI=1S/C14H18N4O.ClH/c1-2-5-15-6-7-18-14(19)11-3-4-12-13(10-11)17-9-8-16-12;/h3-4,8-10,15H,2,5-7H2,1H3,(H,18,19);1H. The maximum Gasteiger partial charge on any atom is 0.251 e. The van der Waals surface area contributed by atoms with Gasteiger partial charge in [0.1, 0.15) is 0 Å². The Morgan fingerprint density at radius 2 is 1.85 bits per heavy atom. The zero-order chi connectivity index (χ0) is 13.5. The summed E-state index contributed by atoms with van der Waals surface area (Å²) in [4.78, 5) is 20.3. The number of hydrogen-bond donors (Lipinski definition) is 2. The molecule has 0 saturated carbocycles. The van der Waals surface area contributed by atoms with Crippen molar-refractivity contribution in [2.45, 2.75) is 13.3 Å². The van der Waals surface area contributed by atoms with Crippen LogP contribution in [0.5, 0.6) is 0 Å². The van der Waals surface area contributed by atoms with E-state index in [0.29, 0.717) is 12.1 Å². The van der Waals surface area contributed by atoms with Crippen LogP contribution >= 0.6 is 12.4 Å². The van der Waals surface area contributed by atoms with Crippen LogP contribution in [0.15, 0.2) is 30.6 Å². The smallest absolute Gasteiger partial charge is 0.251 e. The van der Waals surface area contributed by atoms with Gasteiger partial charge in [-0.3, -0.25) is 14.8 Å². The van der Waals surface area contributed by atoms with Crippen molar-refractivity contribution < 1.29 is 4.79 Å². The third kappa shape index (κ3) is 4.43. The molecule has 0 aliphatic heterocycles. The second-order valence-electron chi connectivity index (χ2n) is 4.27. The minimum absolute atomic E-state index is 0. The van der Waals surface area contributed by atoms with Crippen LogP contribution in [0, 0.1) is 0 Å². The van der Waals surface area contributed by atoms with Crippen molar-refractivity contribution in [3.05, 3.63) is 36.2 Å². The summed E-state index contributed by atoms with van der Waals surface area (Å²) in [7, 11) is 0. The summed E-state index contributed by atoms with van der Waals surface area (Å²) in [5, 5.41) is 6.11. The third-order valence-electron chi connectivity index (χ3n) is 2.75. The van der Waals surface area contributed by atoms with Gasteiger partial charge in [-0.1, -0.05) is 6.92 Å². The van der Waals surface area contributed by atoms with E-state index < -0.39 is 0 Å². The van der Waals surface area contributed by atoms with Crippen molar-refractivity contribution in [1.29, 1.82) is 0 Å². The Bertz CT molecular complexity index is 562. The predicted molar refractivity (Wildman–Crippen MR) is 82.3 cm³/mol. The highest BCUT2D eigenvalue weighted by Gasteiger charge is 2.06. The lowest BCUT2D eigenvalue weighted by atomic mass is 10.2. The largest absolute Gasteiger partial charge is 0.351 e. The van der Waals surface area contributed by atoms with Crippen LogP contribution in [-0.4, -0.2) is 35.5 Å². The molecule has 0 spiro atoms. The van der Waals surface area contributed by atoms with E-state index in [1.165, 1.54) is 0 Å². The van der Waals surface area contributed by atoms with Crippen LogP contribution in [0.1, 0.15) is 23.7 Å². The van der Waals surface area contributed by atoms with Crippen molar-refractivity contribution in [1.82, 2.24) is 20.6 Å². The molecule has 1 aromatic heterocycles. The first-order chi connectivity index (χ1) is 9.31. The summed E-state index contributed by atoms with van der Waals surface area (Å²) in [5.74, 6) is -0.0779. The lowest BCUT2D eigenvalue weighted by molar-refractivity contribution is 0.0954. The molecule has 0 radical (unpaired) electrons.